The summed E-state index contributed by atoms with van der Waals surface area (Å²) in [5.74, 6) is 0.395. The molecule has 2 aromatic rings. The Morgan fingerprint density at radius 2 is 1.61 bits per heavy atom. The van der Waals surface area contributed by atoms with Gasteiger partial charge in [-0.3, -0.25) is 14.5 Å². The van der Waals surface area contributed by atoms with Crippen LogP contribution in [0.25, 0.3) is 0 Å². The fraction of sp³-hybridized carbons (Fsp3) is 0.364. The Hall–Kier alpha value is -2.86. The lowest BCUT2D eigenvalue weighted by molar-refractivity contribution is -0.122. The number of methoxy groups -OCH3 is 1. The van der Waals surface area contributed by atoms with Crippen molar-refractivity contribution >= 4 is 23.2 Å². The van der Waals surface area contributed by atoms with E-state index in [1.54, 1.807) is 50.2 Å². The van der Waals surface area contributed by atoms with Crippen LogP contribution in [-0.2, 0) is 9.59 Å². The van der Waals surface area contributed by atoms with Gasteiger partial charge in [0.15, 0.2) is 0 Å². The van der Waals surface area contributed by atoms with Crippen LogP contribution in [0.15, 0.2) is 36.4 Å². The average molecular weight is 383 g/mol. The lowest BCUT2D eigenvalue weighted by Gasteiger charge is -2.24. The first kappa shape index (κ1) is 21.4. The van der Waals surface area contributed by atoms with E-state index < -0.39 is 6.04 Å². The predicted octanol–water partition coefficient (Wildman–Crippen LogP) is 3.52. The van der Waals surface area contributed by atoms with Gasteiger partial charge in [0.25, 0.3) is 0 Å². The molecule has 0 saturated heterocycles. The first-order valence-electron chi connectivity index (χ1n) is 9.24. The molecule has 28 heavy (non-hydrogen) atoms. The molecule has 6 heteroatoms. The Morgan fingerprint density at radius 1 is 1.04 bits per heavy atom. The number of anilines is 2. The van der Waals surface area contributed by atoms with Gasteiger partial charge < -0.3 is 15.4 Å². The number of benzene rings is 2. The van der Waals surface area contributed by atoms with Crippen molar-refractivity contribution in [3.8, 4) is 5.75 Å². The van der Waals surface area contributed by atoms with E-state index in [9.17, 15) is 9.59 Å². The normalized spacial score (nSPS) is 11.8. The zero-order valence-corrected chi connectivity index (χ0v) is 17.4. The van der Waals surface area contributed by atoms with Crippen molar-refractivity contribution in [1.82, 2.24) is 4.90 Å². The molecule has 2 rings (SSSR count). The quantitative estimate of drug-likeness (QED) is 0.767. The van der Waals surface area contributed by atoms with E-state index in [1.165, 1.54) is 0 Å². The highest BCUT2D eigenvalue weighted by molar-refractivity contribution is 5.97. The average Bonchev–Trinajstić information content (AvgIpc) is 2.64. The number of likely N-dealkylation sites (N-methyl/N-ethyl adjacent to an activating group) is 1. The van der Waals surface area contributed by atoms with Crippen molar-refractivity contribution in [2.75, 3.05) is 31.3 Å². The Kier molecular flexibility index (Phi) is 7.18. The van der Waals surface area contributed by atoms with E-state index in [-0.39, 0.29) is 18.4 Å². The Balaban J connectivity index is 1.94. The summed E-state index contributed by atoms with van der Waals surface area (Å²) in [6, 6.07) is 10.7. The third-order valence-electron chi connectivity index (χ3n) is 4.73. The first-order valence-corrected chi connectivity index (χ1v) is 9.24. The monoisotopic (exact) mass is 383 g/mol. The molecule has 0 radical (unpaired) electrons. The second-order valence-electron chi connectivity index (χ2n) is 7.13. The maximum Gasteiger partial charge on any atom is 0.241 e. The highest BCUT2D eigenvalue weighted by Gasteiger charge is 2.21. The summed E-state index contributed by atoms with van der Waals surface area (Å²) in [5.41, 5.74) is 4.73. The third-order valence-corrected chi connectivity index (χ3v) is 4.73. The zero-order chi connectivity index (χ0) is 20.8. The highest BCUT2D eigenvalue weighted by atomic mass is 16.5. The Bertz CT molecular complexity index is 824. The van der Waals surface area contributed by atoms with Gasteiger partial charge in [0.1, 0.15) is 5.75 Å². The number of ether oxygens (including phenoxy) is 1. The molecule has 0 fully saturated rings. The first-order chi connectivity index (χ1) is 13.2. The lowest BCUT2D eigenvalue weighted by atomic mass is 10.0. The maximum atomic E-state index is 12.7. The fourth-order valence-electron chi connectivity index (χ4n) is 3.04. The van der Waals surface area contributed by atoms with Crippen molar-refractivity contribution < 1.29 is 14.3 Å². The molecule has 150 valence electrons. The molecule has 6 nitrogen and oxygen atoms in total. The van der Waals surface area contributed by atoms with Gasteiger partial charge in [-0.2, -0.15) is 0 Å². The SMILES string of the molecule is COc1ccc(NC(=O)CN(C)[C@@H](C)C(=O)Nc2c(C)cc(C)cc2C)cc1. The van der Waals surface area contributed by atoms with Gasteiger partial charge in [0.2, 0.25) is 11.8 Å². The Labute approximate surface area is 166 Å². The largest absolute Gasteiger partial charge is 0.497 e. The molecular formula is C22H29N3O3. The molecule has 2 amide bonds. The number of carbonyl (C=O) groups is 2. The molecular weight excluding hydrogens is 354 g/mol. The number of carbonyl (C=O) groups excluding carboxylic acids is 2. The van der Waals surface area contributed by atoms with Gasteiger partial charge in [0.05, 0.1) is 19.7 Å². The number of amides is 2. The van der Waals surface area contributed by atoms with Gasteiger partial charge in [-0.1, -0.05) is 17.7 Å². The molecule has 0 heterocycles. The second kappa shape index (κ2) is 9.37. The van der Waals surface area contributed by atoms with E-state index in [0.29, 0.717) is 5.69 Å². The van der Waals surface area contributed by atoms with E-state index in [4.69, 9.17) is 4.74 Å². The fourth-order valence-corrected chi connectivity index (χ4v) is 3.04. The molecule has 0 spiro atoms. The number of aryl methyl sites for hydroxylation is 3. The summed E-state index contributed by atoms with van der Waals surface area (Å²) in [7, 11) is 3.35. The number of nitrogens with one attached hydrogen (secondary N) is 2. The molecule has 2 aromatic carbocycles. The van der Waals surface area contributed by atoms with Gasteiger partial charge >= 0.3 is 0 Å². The number of hydrogen-bond donors (Lipinski definition) is 2. The Morgan fingerprint density at radius 3 is 2.14 bits per heavy atom. The van der Waals surface area contributed by atoms with Gasteiger partial charge in [-0.15, -0.1) is 0 Å². The predicted molar refractivity (Wildman–Crippen MR) is 113 cm³/mol. The van der Waals surface area contributed by atoms with Crippen LogP contribution in [0.3, 0.4) is 0 Å². The standard InChI is InChI=1S/C22H29N3O3/c1-14-11-15(2)21(16(3)12-14)24-22(27)17(4)25(5)13-20(26)23-18-7-9-19(28-6)10-8-18/h7-12,17H,13H2,1-6H3,(H,23,26)(H,24,27)/t17-/m0/s1. The van der Waals surface area contributed by atoms with Crippen LogP contribution in [0.5, 0.6) is 5.75 Å². The van der Waals surface area contributed by atoms with Crippen LogP contribution in [0.1, 0.15) is 23.6 Å². The number of nitrogens with zero attached hydrogens (tertiary/aromatic N) is 1. The van der Waals surface area contributed by atoms with Crippen LogP contribution >= 0.6 is 0 Å². The van der Waals surface area contributed by atoms with E-state index in [1.807, 2.05) is 32.9 Å². The number of hydrogen-bond acceptors (Lipinski definition) is 4. The summed E-state index contributed by atoms with van der Waals surface area (Å²) in [6.07, 6.45) is 0. The lowest BCUT2D eigenvalue weighted by Crippen LogP contribution is -2.43. The highest BCUT2D eigenvalue weighted by Crippen LogP contribution is 2.22. The molecule has 0 unspecified atom stereocenters. The molecule has 2 N–H and O–H groups in total. The van der Waals surface area contributed by atoms with Crippen LogP contribution in [0.2, 0.25) is 0 Å². The van der Waals surface area contributed by atoms with Crippen molar-refractivity contribution in [3.05, 3.63) is 53.1 Å². The van der Waals surface area contributed by atoms with Gasteiger partial charge in [-0.25, -0.2) is 0 Å². The van der Waals surface area contributed by atoms with Gasteiger partial charge in [-0.05, 0) is 70.1 Å². The topological polar surface area (TPSA) is 70.7 Å². The van der Waals surface area contributed by atoms with E-state index >= 15 is 0 Å². The second-order valence-corrected chi connectivity index (χ2v) is 7.13. The summed E-state index contributed by atoms with van der Waals surface area (Å²) >= 11 is 0. The minimum atomic E-state index is -0.457. The molecule has 0 saturated carbocycles. The van der Waals surface area contributed by atoms with Crippen LogP contribution < -0.4 is 15.4 Å². The van der Waals surface area contributed by atoms with Crippen LogP contribution in [0.4, 0.5) is 11.4 Å². The van der Waals surface area contributed by atoms with Crippen molar-refractivity contribution in [2.45, 2.75) is 33.7 Å². The van der Waals surface area contributed by atoms with Crippen molar-refractivity contribution in [3.63, 3.8) is 0 Å². The van der Waals surface area contributed by atoms with E-state index in [0.717, 1.165) is 28.1 Å². The van der Waals surface area contributed by atoms with Crippen LogP contribution in [0, 0.1) is 20.8 Å². The number of rotatable bonds is 7. The van der Waals surface area contributed by atoms with Crippen molar-refractivity contribution in [2.24, 2.45) is 0 Å². The summed E-state index contributed by atoms with van der Waals surface area (Å²) in [6.45, 7) is 7.88. The molecule has 0 bridgehead atoms. The third kappa shape index (κ3) is 5.57. The summed E-state index contributed by atoms with van der Waals surface area (Å²) in [4.78, 5) is 26.7. The maximum absolute atomic E-state index is 12.7. The summed E-state index contributed by atoms with van der Waals surface area (Å²) < 4.78 is 5.10. The molecule has 0 aliphatic heterocycles. The van der Waals surface area contributed by atoms with Crippen LogP contribution in [-0.4, -0.2) is 43.5 Å². The molecule has 0 aliphatic rings. The van der Waals surface area contributed by atoms with E-state index in [2.05, 4.69) is 10.6 Å². The van der Waals surface area contributed by atoms with Crippen molar-refractivity contribution in [1.29, 1.82) is 0 Å². The van der Waals surface area contributed by atoms with Gasteiger partial charge in [0, 0.05) is 11.4 Å². The molecule has 1 atom stereocenters. The minimum absolute atomic E-state index is 0.104. The molecule has 0 aliphatic carbocycles. The minimum Gasteiger partial charge on any atom is -0.497 e. The molecule has 0 aromatic heterocycles. The zero-order valence-electron chi connectivity index (χ0n) is 17.4. The summed E-state index contributed by atoms with van der Waals surface area (Å²) in [5, 5.41) is 5.82. The smallest absolute Gasteiger partial charge is 0.241 e.